The van der Waals surface area contributed by atoms with Crippen molar-refractivity contribution < 1.29 is 27.4 Å². The zero-order valence-corrected chi connectivity index (χ0v) is 12.2. The highest BCUT2D eigenvalue weighted by atomic mass is 32.2. The summed E-state index contributed by atoms with van der Waals surface area (Å²) in [5.74, 6) is -2.05. The lowest BCUT2D eigenvalue weighted by molar-refractivity contribution is -0.131. The molecule has 0 bridgehead atoms. The smallest absolute Gasteiger partial charge is 0.328 e. The number of hydrogen-bond donors (Lipinski definition) is 2. The molecule has 0 heterocycles. The van der Waals surface area contributed by atoms with E-state index in [0.717, 1.165) is 18.2 Å². The Kier molecular flexibility index (Phi) is 6.32. The number of carbonyl (C=O) groups is 1. The minimum absolute atomic E-state index is 0.0553. The van der Waals surface area contributed by atoms with E-state index >= 15 is 0 Å². The number of aliphatic carboxylic acids is 1. The van der Waals surface area contributed by atoms with E-state index in [4.69, 9.17) is 9.84 Å². The standard InChI is InChI=1S/C13H16FNO5S/c1-20-7-2-8-21(18,19)15-11-5-3-10(12(14)9-11)4-6-13(16)17/h3-6,9,15H,2,7-8H2,1H3,(H,16,17). The first kappa shape index (κ1) is 17.1. The van der Waals surface area contributed by atoms with Crippen LogP contribution < -0.4 is 4.72 Å². The fraction of sp³-hybridized carbons (Fsp3) is 0.308. The average Bonchev–Trinajstić information content (AvgIpc) is 2.37. The van der Waals surface area contributed by atoms with Crippen molar-refractivity contribution >= 4 is 27.8 Å². The number of hydrogen-bond acceptors (Lipinski definition) is 4. The van der Waals surface area contributed by atoms with Gasteiger partial charge in [0.2, 0.25) is 10.0 Å². The number of anilines is 1. The number of ether oxygens (including phenoxy) is 1. The van der Waals surface area contributed by atoms with Crippen molar-refractivity contribution in [2.45, 2.75) is 6.42 Å². The van der Waals surface area contributed by atoms with Gasteiger partial charge in [-0.2, -0.15) is 0 Å². The minimum atomic E-state index is -3.57. The molecule has 1 aromatic carbocycles. The van der Waals surface area contributed by atoms with Gasteiger partial charge >= 0.3 is 5.97 Å². The minimum Gasteiger partial charge on any atom is -0.478 e. The van der Waals surface area contributed by atoms with Crippen LogP contribution in [-0.4, -0.2) is 39.0 Å². The molecule has 2 N–H and O–H groups in total. The summed E-state index contributed by atoms with van der Waals surface area (Å²) in [6.45, 7) is 0.314. The van der Waals surface area contributed by atoms with Gasteiger partial charge in [0, 0.05) is 25.4 Å². The molecule has 0 aliphatic rings. The number of sulfonamides is 1. The Labute approximate surface area is 122 Å². The summed E-state index contributed by atoms with van der Waals surface area (Å²) in [6, 6.07) is 3.65. The van der Waals surface area contributed by atoms with Crippen LogP contribution in [0.4, 0.5) is 10.1 Å². The number of halogens is 1. The van der Waals surface area contributed by atoms with E-state index in [0.29, 0.717) is 13.0 Å². The van der Waals surface area contributed by atoms with E-state index in [2.05, 4.69) is 4.72 Å². The number of carboxylic acid groups (broad SMARTS) is 1. The van der Waals surface area contributed by atoms with Crippen LogP contribution in [0.1, 0.15) is 12.0 Å². The third kappa shape index (κ3) is 6.37. The maximum atomic E-state index is 13.7. The van der Waals surface area contributed by atoms with Gasteiger partial charge in [-0.05, 0) is 30.7 Å². The van der Waals surface area contributed by atoms with Gasteiger partial charge in [0.05, 0.1) is 11.4 Å². The zero-order chi connectivity index (χ0) is 15.9. The molecule has 0 aliphatic carbocycles. The summed E-state index contributed by atoms with van der Waals surface area (Å²) in [7, 11) is -2.10. The molecule has 0 spiro atoms. The van der Waals surface area contributed by atoms with Crippen LogP contribution in [-0.2, 0) is 19.6 Å². The number of nitrogens with one attached hydrogen (secondary N) is 1. The van der Waals surface area contributed by atoms with Crippen LogP contribution in [0.15, 0.2) is 24.3 Å². The SMILES string of the molecule is COCCCS(=O)(=O)Nc1ccc(C=CC(=O)O)c(F)c1. The second kappa shape index (κ2) is 7.75. The van der Waals surface area contributed by atoms with Crippen LogP contribution in [0.2, 0.25) is 0 Å². The molecule has 8 heteroatoms. The van der Waals surface area contributed by atoms with Crippen molar-refractivity contribution in [3.63, 3.8) is 0 Å². The summed E-state index contributed by atoms with van der Waals surface area (Å²) >= 11 is 0. The lowest BCUT2D eigenvalue weighted by Gasteiger charge is -2.08. The first-order valence-corrected chi connectivity index (χ1v) is 7.69. The first-order chi connectivity index (χ1) is 9.84. The molecular formula is C13H16FNO5S. The van der Waals surface area contributed by atoms with E-state index < -0.39 is 21.8 Å². The van der Waals surface area contributed by atoms with Crippen molar-refractivity contribution in [1.82, 2.24) is 0 Å². The van der Waals surface area contributed by atoms with E-state index in [1.54, 1.807) is 0 Å². The normalized spacial score (nSPS) is 11.7. The molecule has 0 amide bonds. The average molecular weight is 317 g/mol. The van der Waals surface area contributed by atoms with Gasteiger partial charge in [-0.1, -0.05) is 0 Å². The highest BCUT2D eigenvalue weighted by Crippen LogP contribution is 2.17. The Morgan fingerprint density at radius 1 is 1.48 bits per heavy atom. The van der Waals surface area contributed by atoms with Crippen molar-refractivity contribution in [3.05, 3.63) is 35.7 Å². The molecule has 0 saturated carbocycles. The maximum Gasteiger partial charge on any atom is 0.328 e. The molecule has 0 aromatic heterocycles. The van der Waals surface area contributed by atoms with Gasteiger partial charge in [0.1, 0.15) is 5.82 Å². The lowest BCUT2D eigenvalue weighted by Crippen LogP contribution is -2.17. The topological polar surface area (TPSA) is 92.7 Å². The van der Waals surface area contributed by atoms with Crippen molar-refractivity contribution in [1.29, 1.82) is 0 Å². The van der Waals surface area contributed by atoms with E-state index in [1.165, 1.54) is 19.2 Å². The first-order valence-electron chi connectivity index (χ1n) is 6.04. The Bertz CT molecular complexity index is 627. The van der Waals surface area contributed by atoms with Crippen LogP contribution in [0, 0.1) is 5.82 Å². The highest BCUT2D eigenvalue weighted by Gasteiger charge is 2.11. The molecule has 0 radical (unpaired) electrons. The summed E-state index contributed by atoms with van der Waals surface area (Å²) in [6.07, 6.45) is 2.22. The number of benzene rings is 1. The van der Waals surface area contributed by atoms with E-state index in [1.807, 2.05) is 0 Å². The molecule has 0 saturated heterocycles. The van der Waals surface area contributed by atoms with Gasteiger partial charge in [-0.25, -0.2) is 17.6 Å². The third-order valence-corrected chi connectivity index (χ3v) is 3.81. The van der Waals surface area contributed by atoms with E-state index in [9.17, 15) is 17.6 Å². The maximum absolute atomic E-state index is 13.7. The number of methoxy groups -OCH3 is 1. The van der Waals surface area contributed by atoms with Crippen LogP contribution in [0.3, 0.4) is 0 Å². The van der Waals surface area contributed by atoms with Gasteiger partial charge < -0.3 is 9.84 Å². The van der Waals surface area contributed by atoms with Gasteiger partial charge in [0.25, 0.3) is 0 Å². The summed E-state index contributed by atoms with van der Waals surface area (Å²) in [5, 5.41) is 8.46. The van der Waals surface area contributed by atoms with Crippen LogP contribution in [0.5, 0.6) is 0 Å². The van der Waals surface area contributed by atoms with Gasteiger partial charge in [-0.3, -0.25) is 4.72 Å². The van der Waals surface area contributed by atoms with Crippen LogP contribution in [0.25, 0.3) is 6.08 Å². The Morgan fingerprint density at radius 2 is 2.19 bits per heavy atom. The molecule has 21 heavy (non-hydrogen) atoms. The molecule has 1 rings (SSSR count). The summed E-state index contributed by atoms with van der Waals surface area (Å²) < 4.78 is 44.1. The van der Waals surface area contributed by atoms with Crippen molar-refractivity contribution in [2.24, 2.45) is 0 Å². The van der Waals surface area contributed by atoms with Crippen molar-refractivity contribution in [2.75, 3.05) is 24.2 Å². The fourth-order valence-electron chi connectivity index (χ4n) is 1.51. The summed E-state index contributed by atoms with van der Waals surface area (Å²) in [4.78, 5) is 10.4. The number of rotatable bonds is 8. The zero-order valence-electron chi connectivity index (χ0n) is 11.4. The predicted octanol–water partition coefficient (Wildman–Crippen LogP) is 1.70. The quantitative estimate of drug-likeness (QED) is 0.562. The van der Waals surface area contributed by atoms with E-state index in [-0.39, 0.29) is 17.0 Å². The third-order valence-electron chi connectivity index (χ3n) is 2.44. The highest BCUT2D eigenvalue weighted by molar-refractivity contribution is 7.92. The molecule has 116 valence electrons. The molecule has 0 fully saturated rings. The molecule has 1 aromatic rings. The molecule has 0 atom stereocenters. The molecular weight excluding hydrogens is 301 g/mol. The summed E-state index contributed by atoms with van der Waals surface area (Å²) in [5.41, 5.74) is 0.136. The van der Waals surface area contributed by atoms with Crippen LogP contribution >= 0.6 is 0 Å². The number of carboxylic acids is 1. The molecule has 0 aliphatic heterocycles. The largest absolute Gasteiger partial charge is 0.478 e. The van der Waals surface area contributed by atoms with Gasteiger partial charge in [-0.15, -0.1) is 0 Å². The molecule has 0 unspecified atom stereocenters. The monoisotopic (exact) mass is 317 g/mol. The Hall–Kier alpha value is -1.93. The predicted molar refractivity (Wildman–Crippen MR) is 77.0 cm³/mol. The Balaban J connectivity index is 2.77. The lowest BCUT2D eigenvalue weighted by atomic mass is 10.2. The Morgan fingerprint density at radius 3 is 2.76 bits per heavy atom. The van der Waals surface area contributed by atoms with Crippen molar-refractivity contribution in [3.8, 4) is 0 Å². The van der Waals surface area contributed by atoms with Gasteiger partial charge in [0.15, 0.2) is 0 Å². The fourth-order valence-corrected chi connectivity index (χ4v) is 2.60. The second-order valence-corrected chi connectivity index (χ2v) is 6.02. The molecule has 6 nitrogen and oxygen atoms in total. The second-order valence-electron chi connectivity index (χ2n) is 4.18.